The molecule has 1 aromatic rings. The zero-order chi connectivity index (χ0) is 18.0. The molecule has 0 saturated carbocycles. The predicted molar refractivity (Wildman–Crippen MR) is 97.9 cm³/mol. The molecule has 0 spiro atoms. The third kappa shape index (κ3) is 4.04. The number of carbonyl (C=O) groups is 1. The van der Waals surface area contributed by atoms with Crippen LogP contribution in [0.2, 0.25) is 0 Å². The second-order valence-corrected chi connectivity index (χ2v) is 9.06. The standard InChI is InChI=1S/C18H27N3O3S/c1-3-9-20-11-15-7-8-17(20)13-21(12-15)25(23,24)18-6-4-5-16(10-18)19-14(2)22/h4-6,10,15,17H,3,7-9,11-13H2,1-2H3,(H,19,22)/t15-,17-/m0/s1. The molecule has 25 heavy (non-hydrogen) atoms. The van der Waals surface area contributed by atoms with E-state index in [1.54, 1.807) is 28.6 Å². The number of rotatable bonds is 5. The van der Waals surface area contributed by atoms with Crippen molar-refractivity contribution in [3.63, 3.8) is 0 Å². The molecule has 1 aromatic carbocycles. The second-order valence-electron chi connectivity index (χ2n) is 7.12. The molecule has 3 heterocycles. The Morgan fingerprint density at radius 1 is 1.24 bits per heavy atom. The Morgan fingerprint density at radius 2 is 2.04 bits per heavy atom. The molecule has 7 heteroatoms. The Balaban J connectivity index is 1.84. The lowest BCUT2D eigenvalue weighted by molar-refractivity contribution is -0.114. The molecule has 2 bridgehead atoms. The summed E-state index contributed by atoms with van der Waals surface area (Å²) in [6.07, 6.45) is 3.26. The normalized spacial score (nSPS) is 24.9. The van der Waals surface area contributed by atoms with Crippen LogP contribution in [-0.4, -0.2) is 55.8 Å². The SMILES string of the molecule is CCCN1C[C@@H]2CC[C@H]1CN(S(=O)(=O)c1cccc(NC(C)=O)c1)C2. The molecule has 3 aliphatic rings. The molecule has 0 unspecified atom stereocenters. The number of benzene rings is 1. The fourth-order valence-electron chi connectivity index (χ4n) is 3.98. The Bertz CT molecular complexity index is 735. The fraction of sp³-hybridized carbons (Fsp3) is 0.611. The maximum Gasteiger partial charge on any atom is 0.243 e. The van der Waals surface area contributed by atoms with Crippen molar-refractivity contribution in [3.8, 4) is 0 Å². The van der Waals surface area contributed by atoms with E-state index in [0.29, 0.717) is 30.7 Å². The van der Waals surface area contributed by atoms with Crippen molar-refractivity contribution in [2.24, 2.45) is 5.92 Å². The van der Waals surface area contributed by atoms with Crippen LogP contribution in [0.25, 0.3) is 0 Å². The van der Waals surface area contributed by atoms with Gasteiger partial charge in [-0.1, -0.05) is 13.0 Å². The monoisotopic (exact) mass is 365 g/mol. The summed E-state index contributed by atoms with van der Waals surface area (Å²) in [5, 5.41) is 2.66. The van der Waals surface area contributed by atoms with Gasteiger partial charge < -0.3 is 5.32 Å². The summed E-state index contributed by atoms with van der Waals surface area (Å²) in [6.45, 7) is 6.76. The van der Waals surface area contributed by atoms with Crippen LogP contribution in [0.5, 0.6) is 0 Å². The largest absolute Gasteiger partial charge is 0.326 e. The van der Waals surface area contributed by atoms with Gasteiger partial charge in [0, 0.05) is 38.3 Å². The topological polar surface area (TPSA) is 69.7 Å². The molecule has 1 amide bonds. The number of fused-ring (bicyclic) bond motifs is 4. The number of nitrogens with zero attached hydrogens (tertiary/aromatic N) is 2. The van der Waals surface area contributed by atoms with E-state index >= 15 is 0 Å². The van der Waals surface area contributed by atoms with Crippen molar-refractivity contribution in [3.05, 3.63) is 24.3 Å². The summed E-state index contributed by atoms with van der Waals surface area (Å²) in [6, 6.07) is 6.85. The molecule has 0 aliphatic carbocycles. The van der Waals surface area contributed by atoms with E-state index in [0.717, 1.165) is 32.4 Å². The average molecular weight is 365 g/mol. The van der Waals surface area contributed by atoms with Crippen molar-refractivity contribution in [2.45, 2.75) is 44.0 Å². The molecule has 2 atom stereocenters. The zero-order valence-electron chi connectivity index (χ0n) is 14.9. The molecule has 3 fully saturated rings. The minimum atomic E-state index is -3.55. The predicted octanol–water partition coefficient (Wildman–Crippen LogP) is 2.14. The highest BCUT2D eigenvalue weighted by molar-refractivity contribution is 7.89. The van der Waals surface area contributed by atoms with Gasteiger partial charge >= 0.3 is 0 Å². The Kier molecular flexibility index (Phi) is 5.46. The van der Waals surface area contributed by atoms with Gasteiger partial charge in [-0.3, -0.25) is 9.69 Å². The summed E-state index contributed by atoms with van der Waals surface area (Å²) < 4.78 is 28.0. The lowest BCUT2D eigenvalue weighted by Crippen LogP contribution is -2.44. The van der Waals surface area contributed by atoms with E-state index in [2.05, 4.69) is 17.1 Å². The molecular weight excluding hydrogens is 338 g/mol. The van der Waals surface area contributed by atoms with Gasteiger partial charge in [-0.15, -0.1) is 0 Å². The van der Waals surface area contributed by atoms with Crippen LogP contribution in [-0.2, 0) is 14.8 Å². The molecular formula is C18H27N3O3S. The van der Waals surface area contributed by atoms with Crippen LogP contribution >= 0.6 is 0 Å². The third-order valence-corrected chi connectivity index (χ3v) is 6.92. The molecule has 3 saturated heterocycles. The van der Waals surface area contributed by atoms with Gasteiger partial charge in [-0.2, -0.15) is 4.31 Å². The van der Waals surface area contributed by atoms with Crippen molar-refractivity contribution in [1.82, 2.24) is 9.21 Å². The number of carbonyl (C=O) groups excluding carboxylic acids is 1. The van der Waals surface area contributed by atoms with Crippen molar-refractivity contribution in [1.29, 1.82) is 0 Å². The number of nitrogens with one attached hydrogen (secondary N) is 1. The summed E-state index contributed by atoms with van der Waals surface area (Å²) in [4.78, 5) is 13.9. The second kappa shape index (κ2) is 7.43. The molecule has 4 rings (SSSR count). The van der Waals surface area contributed by atoms with Gasteiger partial charge in [0.15, 0.2) is 0 Å². The smallest absolute Gasteiger partial charge is 0.243 e. The first-order valence-electron chi connectivity index (χ1n) is 9.02. The molecule has 0 aromatic heterocycles. The quantitative estimate of drug-likeness (QED) is 0.868. The van der Waals surface area contributed by atoms with E-state index in [4.69, 9.17) is 0 Å². The maximum atomic E-state index is 13.2. The Hall–Kier alpha value is -1.44. The Labute approximate surface area is 150 Å². The Morgan fingerprint density at radius 3 is 2.76 bits per heavy atom. The summed E-state index contributed by atoms with van der Waals surface area (Å²) in [7, 11) is -3.55. The molecule has 3 aliphatic heterocycles. The van der Waals surface area contributed by atoms with E-state index in [1.165, 1.54) is 6.92 Å². The van der Waals surface area contributed by atoms with E-state index < -0.39 is 10.0 Å². The first kappa shape index (κ1) is 18.4. The van der Waals surface area contributed by atoms with Gasteiger partial charge in [0.1, 0.15) is 0 Å². The van der Waals surface area contributed by atoms with Crippen LogP contribution in [0.4, 0.5) is 5.69 Å². The summed E-state index contributed by atoms with van der Waals surface area (Å²) >= 11 is 0. The molecule has 6 nitrogen and oxygen atoms in total. The van der Waals surface area contributed by atoms with Gasteiger partial charge in [-0.25, -0.2) is 8.42 Å². The first-order valence-corrected chi connectivity index (χ1v) is 10.5. The molecule has 138 valence electrons. The highest BCUT2D eigenvalue weighted by Crippen LogP contribution is 2.31. The number of hydrogen-bond acceptors (Lipinski definition) is 4. The zero-order valence-corrected chi connectivity index (χ0v) is 15.8. The lowest BCUT2D eigenvalue weighted by Gasteiger charge is -2.35. The number of amides is 1. The fourth-order valence-corrected chi connectivity index (χ4v) is 5.58. The van der Waals surface area contributed by atoms with Gasteiger partial charge in [-0.05, 0) is 49.9 Å². The molecule has 0 radical (unpaired) electrons. The minimum absolute atomic E-state index is 0.211. The van der Waals surface area contributed by atoms with E-state index in [9.17, 15) is 13.2 Å². The van der Waals surface area contributed by atoms with Crippen LogP contribution in [0.1, 0.15) is 33.1 Å². The number of sulfonamides is 1. The van der Waals surface area contributed by atoms with Gasteiger partial charge in [0.2, 0.25) is 15.9 Å². The number of piperidine rings is 1. The first-order chi connectivity index (χ1) is 11.9. The lowest BCUT2D eigenvalue weighted by atomic mass is 9.95. The number of hydrogen-bond donors (Lipinski definition) is 1. The van der Waals surface area contributed by atoms with Crippen LogP contribution in [0, 0.1) is 5.92 Å². The van der Waals surface area contributed by atoms with Crippen molar-refractivity contribution in [2.75, 3.05) is 31.5 Å². The summed E-state index contributed by atoms with van der Waals surface area (Å²) in [5.41, 5.74) is 0.513. The van der Waals surface area contributed by atoms with E-state index in [1.807, 2.05) is 0 Å². The van der Waals surface area contributed by atoms with Crippen LogP contribution < -0.4 is 5.32 Å². The van der Waals surface area contributed by atoms with Crippen molar-refractivity contribution >= 4 is 21.6 Å². The highest BCUT2D eigenvalue weighted by atomic mass is 32.2. The highest BCUT2D eigenvalue weighted by Gasteiger charge is 2.39. The molecule has 1 N–H and O–H groups in total. The maximum absolute atomic E-state index is 13.2. The summed E-state index contributed by atoms with van der Waals surface area (Å²) in [5.74, 6) is 0.191. The van der Waals surface area contributed by atoms with Crippen LogP contribution in [0.3, 0.4) is 0 Å². The van der Waals surface area contributed by atoms with Crippen LogP contribution in [0.15, 0.2) is 29.2 Å². The van der Waals surface area contributed by atoms with Gasteiger partial charge in [0.25, 0.3) is 0 Å². The average Bonchev–Trinajstić information content (AvgIpc) is 2.87. The van der Waals surface area contributed by atoms with Crippen molar-refractivity contribution < 1.29 is 13.2 Å². The third-order valence-electron chi connectivity index (χ3n) is 5.10. The minimum Gasteiger partial charge on any atom is -0.326 e. The number of anilines is 1. The van der Waals surface area contributed by atoms with E-state index in [-0.39, 0.29) is 10.8 Å². The van der Waals surface area contributed by atoms with Gasteiger partial charge in [0.05, 0.1) is 4.90 Å².